The number of carboxylic acids is 1. The number of carbonyl (C=O) groups excluding carboxylic acids is 1. The zero-order chi connectivity index (χ0) is 14.5. The lowest BCUT2D eigenvalue weighted by Crippen LogP contribution is -2.40. The Balaban J connectivity index is 2.02. The lowest BCUT2D eigenvalue weighted by Gasteiger charge is -2.31. The summed E-state index contributed by atoms with van der Waals surface area (Å²) in [7, 11) is 0. The van der Waals surface area contributed by atoms with Gasteiger partial charge in [-0.15, -0.1) is 0 Å². The van der Waals surface area contributed by atoms with Gasteiger partial charge in [0.1, 0.15) is 0 Å². The molecule has 1 aliphatic carbocycles. The molecule has 0 aliphatic heterocycles. The van der Waals surface area contributed by atoms with Gasteiger partial charge in [0.15, 0.2) is 0 Å². The number of rotatable bonds is 5. The van der Waals surface area contributed by atoms with E-state index in [-0.39, 0.29) is 11.9 Å². The maximum absolute atomic E-state index is 12.1. The van der Waals surface area contributed by atoms with Crippen LogP contribution in [0.2, 0.25) is 0 Å². The Kier molecular flexibility index (Phi) is 4.50. The van der Waals surface area contributed by atoms with Gasteiger partial charge < -0.3 is 10.4 Å². The van der Waals surface area contributed by atoms with E-state index < -0.39 is 5.97 Å². The van der Waals surface area contributed by atoms with E-state index in [0.29, 0.717) is 17.0 Å². The van der Waals surface area contributed by atoms with Crippen molar-refractivity contribution in [3.05, 3.63) is 35.7 Å². The molecule has 0 saturated heterocycles. The predicted octanol–water partition coefficient (Wildman–Crippen LogP) is 2.10. The van der Waals surface area contributed by atoms with Gasteiger partial charge in [-0.3, -0.25) is 9.78 Å². The molecular weight excluding hydrogens is 256 g/mol. The van der Waals surface area contributed by atoms with E-state index in [2.05, 4.69) is 10.3 Å². The first-order chi connectivity index (χ1) is 9.56. The second kappa shape index (κ2) is 6.32. The number of nitrogens with zero attached hydrogens (tertiary/aromatic N) is 1. The number of hydrogen-bond acceptors (Lipinski definition) is 3. The first kappa shape index (κ1) is 14.2. The van der Waals surface area contributed by atoms with E-state index in [1.807, 2.05) is 6.92 Å². The van der Waals surface area contributed by atoms with E-state index in [4.69, 9.17) is 5.11 Å². The van der Waals surface area contributed by atoms with Crippen LogP contribution in [0.4, 0.5) is 0 Å². The number of aromatic nitrogens is 1. The van der Waals surface area contributed by atoms with Crippen molar-refractivity contribution in [2.24, 2.45) is 5.92 Å². The van der Waals surface area contributed by atoms with E-state index in [0.717, 1.165) is 6.08 Å². The normalized spacial score (nSPS) is 16.6. The first-order valence-electron chi connectivity index (χ1n) is 6.73. The summed E-state index contributed by atoms with van der Waals surface area (Å²) >= 11 is 0. The lowest BCUT2D eigenvalue weighted by atomic mass is 9.80. The van der Waals surface area contributed by atoms with Gasteiger partial charge in [-0.2, -0.15) is 0 Å². The Hall–Kier alpha value is -2.17. The molecule has 5 heteroatoms. The smallest absolute Gasteiger partial charge is 0.328 e. The highest BCUT2D eigenvalue weighted by Gasteiger charge is 2.25. The number of pyridine rings is 1. The molecule has 1 amide bonds. The Labute approximate surface area is 117 Å². The van der Waals surface area contributed by atoms with Crippen molar-refractivity contribution >= 4 is 18.0 Å². The minimum atomic E-state index is -1.03. The van der Waals surface area contributed by atoms with E-state index in [1.165, 1.54) is 37.7 Å². The van der Waals surface area contributed by atoms with Crippen LogP contribution in [0.25, 0.3) is 6.08 Å². The van der Waals surface area contributed by atoms with Gasteiger partial charge in [-0.25, -0.2) is 4.79 Å². The Bertz CT molecular complexity index is 536. The van der Waals surface area contributed by atoms with Crippen molar-refractivity contribution in [2.45, 2.75) is 32.2 Å². The van der Waals surface area contributed by atoms with E-state index in [9.17, 15) is 9.59 Å². The van der Waals surface area contributed by atoms with Gasteiger partial charge in [-0.1, -0.05) is 6.42 Å². The molecule has 5 nitrogen and oxygen atoms in total. The van der Waals surface area contributed by atoms with Crippen molar-refractivity contribution in [3.8, 4) is 0 Å². The van der Waals surface area contributed by atoms with Crippen molar-refractivity contribution in [1.82, 2.24) is 10.3 Å². The minimum Gasteiger partial charge on any atom is -0.478 e. The van der Waals surface area contributed by atoms with Crippen molar-refractivity contribution in [2.75, 3.05) is 0 Å². The van der Waals surface area contributed by atoms with Crippen LogP contribution in [-0.4, -0.2) is 28.0 Å². The van der Waals surface area contributed by atoms with Gasteiger partial charge in [0.05, 0.1) is 5.56 Å². The fourth-order valence-corrected chi connectivity index (χ4v) is 2.19. The third-order valence-corrected chi connectivity index (χ3v) is 3.66. The highest BCUT2D eigenvalue weighted by Crippen LogP contribution is 2.29. The van der Waals surface area contributed by atoms with Crippen LogP contribution >= 0.6 is 0 Å². The van der Waals surface area contributed by atoms with Gasteiger partial charge in [0, 0.05) is 24.5 Å². The molecule has 106 valence electrons. The van der Waals surface area contributed by atoms with Crippen LogP contribution in [0.1, 0.15) is 42.1 Å². The van der Waals surface area contributed by atoms with Crippen molar-refractivity contribution in [1.29, 1.82) is 0 Å². The van der Waals surface area contributed by atoms with Crippen LogP contribution < -0.4 is 5.32 Å². The van der Waals surface area contributed by atoms with Crippen molar-refractivity contribution in [3.63, 3.8) is 0 Å². The fraction of sp³-hybridized carbons (Fsp3) is 0.400. The Morgan fingerprint density at radius 1 is 1.45 bits per heavy atom. The molecule has 1 atom stereocenters. The first-order valence-corrected chi connectivity index (χ1v) is 6.73. The molecule has 20 heavy (non-hydrogen) atoms. The average molecular weight is 274 g/mol. The molecule has 0 aromatic carbocycles. The number of amides is 1. The maximum atomic E-state index is 12.1. The second-order valence-corrected chi connectivity index (χ2v) is 5.13. The zero-order valence-corrected chi connectivity index (χ0v) is 11.4. The number of aliphatic carboxylic acids is 1. The standard InChI is InChI=1S/C15H18N2O3/c1-10(12-3-2-4-12)17-15(20)13-7-11(8-16-9-13)5-6-14(18)19/h5-10,12H,2-4H2,1H3,(H,17,20)(H,18,19)/b6-5+. The summed E-state index contributed by atoms with van der Waals surface area (Å²) in [6.07, 6.45) is 9.02. The largest absolute Gasteiger partial charge is 0.478 e. The molecule has 2 N–H and O–H groups in total. The van der Waals surface area contributed by atoms with Gasteiger partial charge in [0.25, 0.3) is 5.91 Å². The molecule has 1 saturated carbocycles. The predicted molar refractivity (Wildman–Crippen MR) is 75.2 cm³/mol. The quantitative estimate of drug-likeness (QED) is 0.806. The number of carboxylic acid groups (broad SMARTS) is 1. The molecule has 1 heterocycles. The SMILES string of the molecule is CC(NC(=O)c1cncc(/C=C/C(=O)O)c1)C1CCC1. The molecule has 1 aromatic rings. The molecule has 0 radical (unpaired) electrons. The van der Waals surface area contributed by atoms with E-state index in [1.54, 1.807) is 6.07 Å². The van der Waals surface area contributed by atoms with Gasteiger partial charge in [-0.05, 0) is 43.4 Å². The van der Waals surface area contributed by atoms with E-state index >= 15 is 0 Å². The summed E-state index contributed by atoms with van der Waals surface area (Å²) in [4.78, 5) is 26.5. The van der Waals surface area contributed by atoms with Gasteiger partial charge >= 0.3 is 5.97 Å². The molecule has 0 bridgehead atoms. The number of nitrogens with one attached hydrogen (secondary N) is 1. The summed E-state index contributed by atoms with van der Waals surface area (Å²) in [6.45, 7) is 2.02. The average Bonchev–Trinajstić information content (AvgIpc) is 2.34. The highest BCUT2D eigenvalue weighted by atomic mass is 16.4. The third kappa shape index (κ3) is 3.66. The highest BCUT2D eigenvalue weighted by molar-refractivity contribution is 5.95. The zero-order valence-electron chi connectivity index (χ0n) is 11.4. The molecular formula is C15H18N2O3. The lowest BCUT2D eigenvalue weighted by molar-refractivity contribution is -0.131. The Morgan fingerprint density at radius 3 is 2.80 bits per heavy atom. The molecule has 2 rings (SSSR count). The van der Waals surface area contributed by atoms with Crippen LogP contribution in [0, 0.1) is 5.92 Å². The van der Waals surface area contributed by atoms with Crippen LogP contribution in [0.5, 0.6) is 0 Å². The van der Waals surface area contributed by atoms with Crippen LogP contribution in [0.3, 0.4) is 0 Å². The molecule has 1 aromatic heterocycles. The molecule has 0 spiro atoms. The summed E-state index contributed by atoms with van der Waals surface area (Å²) in [5, 5.41) is 11.6. The van der Waals surface area contributed by atoms with Crippen LogP contribution in [-0.2, 0) is 4.79 Å². The summed E-state index contributed by atoms with van der Waals surface area (Å²) in [6, 6.07) is 1.80. The third-order valence-electron chi connectivity index (χ3n) is 3.66. The van der Waals surface area contributed by atoms with Crippen molar-refractivity contribution < 1.29 is 14.7 Å². The minimum absolute atomic E-state index is 0.162. The maximum Gasteiger partial charge on any atom is 0.328 e. The fourth-order valence-electron chi connectivity index (χ4n) is 2.19. The van der Waals surface area contributed by atoms with Crippen LogP contribution in [0.15, 0.2) is 24.5 Å². The summed E-state index contributed by atoms with van der Waals surface area (Å²) < 4.78 is 0. The molecule has 1 fully saturated rings. The second-order valence-electron chi connectivity index (χ2n) is 5.13. The number of hydrogen-bond donors (Lipinski definition) is 2. The Morgan fingerprint density at radius 2 is 2.20 bits per heavy atom. The summed E-state index contributed by atoms with van der Waals surface area (Å²) in [5.41, 5.74) is 1.04. The topological polar surface area (TPSA) is 79.3 Å². The van der Waals surface area contributed by atoms with Gasteiger partial charge in [0.2, 0.25) is 0 Å². The monoisotopic (exact) mass is 274 g/mol. The number of carbonyl (C=O) groups is 2. The summed E-state index contributed by atoms with van der Waals surface area (Å²) in [5.74, 6) is -0.622. The molecule has 1 aliphatic rings. The molecule has 1 unspecified atom stereocenters.